The summed E-state index contributed by atoms with van der Waals surface area (Å²) in [6.45, 7) is 0.633. The van der Waals surface area contributed by atoms with Gasteiger partial charge in [0.1, 0.15) is 11.6 Å². The maximum absolute atomic E-state index is 13.0. The van der Waals surface area contributed by atoms with Gasteiger partial charge in [0, 0.05) is 31.0 Å². The van der Waals surface area contributed by atoms with Gasteiger partial charge in [-0.1, -0.05) is 61.7 Å². The van der Waals surface area contributed by atoms with E-state index in [-0.39, 0.29) is 5.91 Å². The minimum absolute atomic E-state index is 0.00976. The first-order chi connectivity index (χ1) is 18.2. The Labute approximate surface area is 217 Å². The van der Waals surface area contributed by atoms with Crippen LogP contribution in [-0.2, 0) is 24.2 Å². The number of imidazole rings is 2. The molecule has 1 aliphatic rings. The van der Waals surface area contributed by atoms with Crippen molar-refractivity contribution in [1.82, 2.24) is 19.5 Å². The summed E-state index contributed by atoms with van der Waals surface area (Å²) >= 11 is 0. The van der Waals surface area contributed by atoms with Crippen LogP contribution in [-0.4, -0.2) is 25.4 Å². The van der Waals surface area contributed by atoms with E-state index in [1.165, 1.54) is 37.7 Å². The zero-order valence-electron chi connectivity index (χ0n) is 21.1. The highest BCUT2D eigenvalue weighted by Gasteiger charge is 2.22. The fourth-order valence-corrected chi connectivity index (χ4v) is 5.60. The summed E-state index contributed by atoms with van der Waals surface area (Å²) in [6, 6.07) is 24.6. The third-order valence-electron chi connectivity index (χ3n) is 7.52. The number of aromatic nitrogens is 4. The molecule has 2 heterocycles. The van der Waals surface area contributed by atoms with E-state index in [1.54, 1.807) is 0 Å². The third-order valence-corrected chi connectivity index (χ3v) is 7.52. The maximum atomic E-state index is 13.0. The highest BCUT2D eigenvalue weighted by atomic mass is 16.1. The lowest BCUT2D eigenvalue weighted by Crippen LogP contribution is -2.17. The standard InChI is InChI=1S/C31H33N5O/c37-30(19-20-36-28-14-8-7-13-26(28)35-31(36)23-11-5-2-6-12-23)32-24-16-17-25-27(21-24)34-29(33-25)18-15-22-9-3-1-4-10-22/h1,3-4,7-10,13-14,16-17,21,23H,2,5-6,11-12,15,18-20H2,(H,32,37)(H,33,34). The molecule has 1 aliphatic carbocycles. The van der Waals surface area contributed by atoms with Crippen LogP contribution in [0.4, 0.5) is 5.69 Å². The number of fused-ring (bicyclic) bond motifs is 2. The van der Waals surface area contributed by atoms with Gasteiger partial charge in [-0.3, -0.25) is 4.79 Å². The molecule has 0 bridgehead atoms. The number of rotatable bonds is 8. The first-order valence-electron chi connectivity index (χ1n) is 13.5. The fourth-order valence-electron chi connectivity index (χ4n) is 5.60. The summed E-state index contributed by atoms with van der Waals surface area (Å²) < 4.78 is 2.28. The number of hydrogen-bond acceptors (Lipinski definition) is 3. The van der Waals surface area contributed by atoms with Crippen LogP contribution in [0, 0.1) is 0 Å². The van der Waals surface area contributed by atoms with Crippen LogP contribution in [0.15, 0.2) is 72.8 Å². The number of aromatic amines is 1. The summed E-state index contributed by atoms with van der Waals surface area (Å²) in [4.78, 5) is 26.1. The number of carbonyl (C=O) groups excluding carboxylic acids is 1. The molecular formula is C31H33N5O. The molecule has 0 spiro atoms. The van der Waals surface area contributed by atoms with E-state index in [0.29, 0.717) is 18.9 Å². The van der Waals surface area contributed by atoms with Gasteiger partial charge >= 0.3 is 0 Å². The van der Waals surface area contributed by atoms with Gasteiger partial charge in [-0.15, -0.1) is 0 Å². The van der Waals surface area contributed by atoms with Gasteiger partial charge < -0.3 is 14.9 Å². The summed E-state index contributed by atoms with van der Waals surface area (Å²) in [6.07, 6.45) is 8.41. The Morgan fingerprint density at radius 2 is 1.70 bits per heavy atom. The van der Waals surface area contributed by atoms with Crippen molar-refractivity contribution >= 4 is 33.7 Å². The van der Waals surface area contributed by atoms with Gasteiger partial charge in [-0.2, -0.15) is 0 Å². The molecule has 0 radical (unpaired) electrons. The molecule has 1 saturated carbocycles. The molecule has 1 amide bonds. The molecule has 6 heteroatoms. The number of hydrogen-bond donors (Lipinski definition) is 2. The second-order valence-corrected chi connectivity index (χ2v) is 10.1. The molecule has 3 aromatic carbocycles. The van der Waals surface area contributed by atoms with Crippen LogP contribution >= 0.6 is 0 Å². The van der Waals surface area contributed by atoms with Crippen LogP contribution < -0.4 is 5.32 Å². The monoisotopic (exact) mass is 491 g/mol. The quantitative estimate of drug-likeness (QED) is 0.251. The molecular weight excluding hydrogens is 458 g/mol. The van der Waals surface area contributed by atoms with Gasteiger partial charge in [0.25, 0.3) is 0 Å². The number of benzene rings is 3. The smallest absolute Gasteiger partial charge is 0.226 e. The molecule has 1 fully saturated rings. The van der Waals surface area contributed by atoms with Gasteiger partial charge in [0.05, 0.1) is 22.1 Å². The van der Waals surface area contributed by atoms with Gasteiger partial charge in [0.15, 0.2) is 0 Å². The summed E-state index contributed by atoms with van der Waals surface area (Å²) in [7, 11) is 0. The molecule has 6 rings (SSSR count). The van der Waals surface area contributed by atoms with Crippen molar-refractivity contribution in [1.29, 1.82) is 0 Å². The van der Waals surface area contributed by atoms with Crippen LogP contribution in [0.25, 0.3) is 22.1 Å². The van der Waals surface area contributed by atoms with E-state index in [1.807, 2.05) is 30.3 Å². The Morgan fingerprint density at radius 1 is 0.892 bits per heavy atom. The minimum Gasteiger partial charge on any atom is -0.342 e. The fraction of sp³-hybridized carbons (Fsp3) is 0.323. The number of H-pyrrole nitrogens is 1. The predicted octanol–water partition coefficient (Wildman–Crippen LogP) is 6.77. The highest BCUT2D eigenvalue weighted by Crippen LogP contribution is 2.34. The van der Waals surface area contributed by atoms with Gasteiger partial charge in [0.2, 0.25) is 5.91 Å². The van der Waals surface area contributed by atoms with Gasteiger partial charge in [-0.05, 0) is 55.2 Å². The molecule has 188 valence electrons. The van der Waals surface area contributed by atoms with Crippen LogP contribution in [0.2, 0.25) is 0 Å². The first kappa shape index (κ1) is 23.5. The topological polar surface area (TPSA) is 75.6 Å². The average Bonchev–Trinajstić information content (AvgIpc) is 3.52. The second-order valence-electron chi connectivity index (χ2n) is 10.1. The van der Waals surface area contributed by atoms with E-state index in [4.69, 9.17) is 9.97 Å². The zero-order chi connectivity index (χ0) is 25.0. The van der Waals surface area contributed by atoms with Crippen molar-refractivity contribution in [3.63, 3.8) is 0 Å². The zero-order valence-corrected chi connectivity index (χ0v) is 21.1. The van der Waals surface area contributed by atoms with E-state index >= 15 is 0 Å². The second kappa shape index (κ2) is 10.6. The third kappa shape index (κ3) is 5.29. The molecule has 37 heavy (non-hydrogen) atoms. The number of carbonyl (C=O) groups is 1. The van der Waals surface area contributed by atoms with Crippen molar-refractivity contribution in [2.75, 3.05) is 5.32 Å². The Hall–Kier alpha value is -3.93. The van der Waals surface area contributed by atoms with Crippen molar-refractivity contribution < 1.29 is 4.79 Å². The Morgan fingerprint density at radius 3 is 2.57 bits per heavy atom. The predicted molar refractivity (Wildman–Crippen MR) is 149 cm³/mol. The van der Waals surface area contributed by atoms with Crippen LogP contribution in [0.3, 0.4) is 0 Å². The van der Waals surface area contributed by atoms with E-state index < -0.39 is 0 Å². The number of nitrogens with one attached hydrogen (secondary N) is 2. The largest absolute Gasteiger partial charge is 0.342 e. The number of aryl methyl sites for hydroxylation is 3. The minimum atomic E-state index is 0.00976. The van der Waals surface area contributed by atoms with Crippen molar-refractivity contribution in [2.45, 2.75) is 63.8 Å². The molecule has 0 unspecified atom stereocenters. The molecule has 2 N–H and O–H groups in total. The molecule has 0 atom stereocenters. The lowest BCUT2D eigenvalue weighted by molar-refractivity contribution is -0.116. The summed E-state index contributed by atoms with van der Waals surface area (Å²) in [5.74, 6) is 2.61. The van der Waals surface area contributed by atoms with Crippen molar-refractivity contribution in [3.05, 3.63) is 90.0 Å². The first-order valence-corrected chi connectivity index (χ1v) is 13.5. The van der Waals surface area contributed by atoms with E-state index in [0.717, 1.165) is 52.2 Å². The van der Waals surface area contributed by atoms with E-state index in [9.17, 15) is 4.79 Å². The lowest BCUT2D eigenvalue weighted by Gasteiger charge is -2.22. The molecule has 6 nitrogen and oxygen atoms in total. The summed E-state index contributed by atoms with van der Waals surface area (Å²) in [5, 5.41) is 3.09. The Kier molecular flexibility index (Phi) is 6.72. The van der Waals surface area contributed by atoms with Crippen LogP contribution in [0.1, 0.15) is 61.7 Å². The van der Waals surface area contributed by atoms with E-state index in [2.05, 4.69) is 57.3 Å². The molecule has 0 saturated heterocycles. The van der Waals surface area contributed by atoms with Gasteiger partial charge in [-0.25, -0.2) is 9.97 Å². The number of anilines is 1. The summed E-state index contributed by atoms with van der Waals surface area (Å²) in [5.41, 5.74) is 6.10. The lowest BCUT2D eigenvalue weighted by atomic mass is 9.88. The van der Waals surface area contributed by atoms with Crippen LogP contribution in [0.5, 0.6) is 0 Å². The number of nitrogens with zero attached hydrogens (tertiary/aromatic N) is 3. The van der Waals surface area contributed by atoms with Crippen molar-refractivity contribution in [2.24, 2.45) is 0 Å². The SMILES string of the molecule is O=C(CCn1c(C2CCCCC2)nc2ccccc21)Nc1ccc2nc(CCc3ccccc3)[nH]c2c1. The average molecular weight is 492 g/mol. The highest BCUT2D eigenvalue weighted by molar-refractivity contribution is 5.93. The maximum Gasteiger partial charge on any atom is 0.226 e. The Balaban J connectivity index is 1.12. The van der Waals surface area contributed by atoms with Crippen molar-refractivity contribution in [3.8, 4) is 0 Å². The molecule has 0 aliphatic heterocycles. The molecule has 2 aromatic heterocycles. The normalized spacial score (nSPS) is 14.4. The number of para-hydroxylation sites is 2. The number of amides is 1. The Bertz CT molecular complexity index is 1510. The molecule has 5 aromatic rings.